The maximum absolute atomic E-state index is 12.8. The fourth-order valence-electron chi connectivity index (χ4n) is 4.42. The number of carbonyl (C=O) groups is 1. The highest BCUT2D eigenvalue weighted by Crippen LogP contribution is 2.32. The Morgan fingerprint density at radius 1 is 1.03 bits per heavy atom. The van der Waals surface area contributed by atoms with E-state index in [2.05, 4.69) is 14.9 Å². The Morgan fingerprint density at radius 2 is 1.66 bits per heavy atom. The van der Waals surface area contributed by atoms with Gasteiger partial charge >= 0.3 is 0 Å². The number of hydrogen-bond donors (Lipinski definition) is 2. The number of nitrogens with zero attached hydrogens (tertiary/aromatic N) is 1. The van der Waals surface area contributed by atoms with Crippen molar-refractivity contribution in [2.45, 2.75) is 81.7 Å². The van der Waals surface area contributed by atoms with Gasteiger partial charge in [0.15, 0.2) is 0 Å². The first-order chi connectivity index (χ1) is 13.8. The van der Waals surface area contributed by atoms with Crippen LogP contribution >= 0.6 is 0 Å². The third-order valence-corrected chi connectivity index (χ3v) is 7.53. The van der Waals surface area contributed by atoms with Gasteiger partial charge in [0.2, 0.25) is 15.9 Å². The van der Waals surface area contributed by atoms with Gasteiger partial charge in [-0.05, 0) is 63.1 Å². The number of hydrogen-bond acceptors (Lipinski definition) is 4. The van der Waals surface area contributed by atoms with Gasteiger partial charge in [-0.2, -0.15) is 0 Å². The minimum Gasteiger partial charge on any atom is -0.353 e. The van der Waals surface area contributed by atoms with Crippen LogP contribution in [0.1, 0.15) is 70.3 Å². The third-order valence-electron chi connectivity index (χ3n) is 5.99. The monoisotopic (exact) mass is 421 g/mol. The van der Waals surface area contributed by atoms with E-state index in [1.54, 1.807) is 12.1 Å². The zero-order valence-corrected chi connectivity index (χ0v) is 18.5. The van der Waals surface area contributed by atoms with Gasteiger partial charge in [0.05, 0.1) is 11.4 Å². The van der Waals surface area contributed by atoms with Crippen molar-refractivity contribution in [3.8, 4) is 0 Å². The van der Waals surface area contributed by atoms with E-state index < -0.39 is 10.0 Å². The molecule has 2 aliphatic rings. The van der Waals surface area contributed by atoms with E-state index in [0.717, 1.165) is 13.1 Å². The summed E-state index contributed by atoms with van der Waals surface area (Å²) in [4.78, 5) is 14.3. The molecule has 29 heavy (non-hydrogen) atoms. The highest BCUT2D eigenvalue weighted by Gasteiger charge is 2.26. The molecule has 0 aromatic heterocycles. The van der Waals surface area contributed by atoms with Crippen LogP contribution in [-0.4, -0.2) is 50.9 Å². The van der Waals surface area contributed by atoms with Crippen LogP contribution in [0.5, 0.6) is 0 Å². The Balaban J connectivity index is 1.50. The van der Waals surface area contributed by atoms with Crippen LogP contribution in [0.4, 0.5) is 0 Å². The average molecular weight is 422 g/mol. The molecule has 0 unspecified atom stereocenters. The number of nitrogens with one attached hydrogen (secondary N) is 2. The van der Waals surface area contributed by atoms with Crippen molar-refractivity contribution in [2.24, 2.45) is 0 Å². The zero-order chi connectivity index (χ0) is 20.9. The summed E-state index contributed by atoms with van der Waals surface area (Å²) in [5, 5.41) is 2.90. The number of amides is 1. The minimum atomic E-state index is -3.51. The highest BCUT2D eigenvalue weighted by molar-refractivity contribution is 7.89. The van der Waals surface area contributed by atoms with Crippen LogP contribution in [0, 0.1) is 0 Å². The molecule has 2 N–H and O–H groups in total. The molecule has 3 rings (SSSR count). The third kappa shape index (κ3) is 6.52. The molecule has 0 atom stereocenters. The molecule has 6 nitrogen and oxygen atoms in total. The topological polar surface area (TPSA) is 78.5 Å². The van der Waals surface area contributed by atoms with Gasteiger partial charge in [0, 0.05) is 25.2 Å². The van der Waals surface area contributed by atoms with Gasteiger partial charge in [-0.3, -0.25) is 9.69 Å². The Kier molecular flexibility index (Phi) is 7.71. The molecule has 2 fully saturated rings. The summed E-state index contributed by atoms with van der Waals surface area (Å²) in [5.74, 6) is 0.600. The van der Waals surface area contributed by atoms with Gasteiger partial charge in [-0.25, -0.2) is 13.1 Å². The lowest BCUT2D eigenvalue weighted by Gasteiger charge is -2.31. The molecule has 1 saturated heterocycles. The number of piperidine rings is 1. The Morgan fingerprint density at radius 3 is 2.24 bits per heavy atom. The molecular formula is C22H35N3O3S. The SMILES string of the molecule is CC(C)NC(=O)CN1CCC(NS(=O)(=O)c2ccc(C3CCCCC3)cc2)CC1. The lowest BCUT2D eigenvalue weighted by molar-refractivity contribution is -0.123. The van der Waals surface area contributed by atoms with Gasteiger partial charge in [-0.15, -0.1) is 0 Å². The largest absolute Gasteiger partial charge is 0.353 e. The van der Waals surface area contributed by atoms with Crippen LogP contribution in [0.25, 0.3) is 0 Å². The van der Waals surface area contributed by atoms with Crippen LogP contribution in [0.2, 0.25) is 0 Å². The molecule has 7 heteroatoms. The van der Waals surface area contributed by atoms with Gasteiger partial charge in [0.1, 0.15) is 0 Å². The maximum Gasteiger partial charge on any atom is 0.240 e. The lowest BCUT2D eigenvalue weighted by atomic mass is 9.84. The first-order valence-electron chi connectivity index (χ1n) is 11.0. The fourth-order valence-corrected chi connectivity index (χ4v) is 5.73. The lowest BCUT2D eigenvalue weighted by Crippen LogP contribution is -2.48. The summed E-state index contributed by atoms with van der Waals surface area (Å²) in [6.45, 7) is 5.71. The van der Waals surface area contributed by atoms with E-state index in [1.807, 2.05) is 26.0 Å². The first kappa shape index (κ1) is 22.2. The summed E-state index contributed by atoms with van der Waals surface area (Å²) in [6, 6.07) is 7.52. The number of rotatable bonds is 7. The molecule has 1 aromatic carbocycles. The second-order valence-corrected chi connectivity index (χ2v) is 10.5. The molecule has 1 aromatic rings. The summed E-state index contributed by atoms with van der Waals surface area (Å²) in [6.07, 6.45) is 7.70. The van der Waals surface area contributed by atoms with E-state index in [9.17, 15) is 13.2 Å². The van der Waals surface area contributed by atoms with E-state index in [-0.39, 0.29) is 18.0 Å². The second kappa shape index (κ2) is 10.0. The molecule has 1 saturated carbocycles. The predicted octanol–water partition coefficient (Wildman–Crippen LogP) is 3.00. The number of benzene rings is 1. The summed E-state index contributed by atoms with van der Waals surface area (Å²) in [7, 11) is -3.51. The molecule has 162 valence electrons. The molecule has 1 aliphatic heterocycles. The smallest absolute Gasteiger partial charge is 0.240 e. The van der Waals surface area contributed by atoms with E-state index >= 15 is 0 Å². The minimum absolute atomic E-state index is 0.0251. The van der Waals surface area contributed by atoms with E-state index in [4.69, 9.17) is 0 Å². The zero-order valence-electron chi connectivity index (χ0n) is 17.7. The van der Waals surface area contributed by atoms with Crippen LogP contribution in [-0.2, 0) is 14.8 Å². The fraction of sp³-hybridized carbons (Fsp3) is 0.682. The average Bonchev–Trinajstić information content (AvgIpc) is 2.69. The van der Waals surface area contributed by atoms with Gasteiger partial charge < -0.3 is 5.32 Å². The highest BCUT2D eigenvalue weighted by atomic mass is 32.2. The predicted molar refractivity (Wildman–Crippen MR) is 115 cm³/mol. The van der Waals surface area contributed by atoms with E-state index in [0.29, 0.717) is 30.2 Å². The van der Waals surface area contributed by atoms with Crippen molar-refractivity contribution in [2.75, 3.05) is 19.6 Å². The number of sulfonamides is 1. The molecule has 0 spiro atoms. The molecule has 1 heterocycles. The number of likely N-dealkylation sites (tertiary alicyclic amines) is 1. The van der Waals surface area contributed by atoms with Gasteiger partial charge in [0.25, 0.3) is 0 Å². The van der Waals surface area contributed by atoms with Crippen molar-refractivity contribution in [3.05, 3.63) is 29.8 Å². The van der Waals surface area contributed by atoms with Crippen molar-refractivity contribution < 1.29 is 13.2 Å². The Bertz CT molecular complexity index is 763. The normalized spacial score (nSPS) is 20.1. The quantitative estimate of drug-likeness (QED) is 0.709. The standard InChI is InChI=1S/C22H35N3O3S/c1-17(2)23-22(26)16-25-14-12-20(13-15-25)24-29(27,28)21-10-8-19(9-11-21)18-6-4-3-5-7-18/h8-11,17-18,20,24H,3-7,12-16H2,1-2H3,(H,23,26). The summed E-state index contributed by atoms with van der Waals surface area (Å²) < 4.78 is 28.4. The summed E-state index contributed by atoms with van der Waals surface area (Å²) in [5.41, 5.74) is 1.26. The van der Waals surface area contributed by atoms with Crippen molar-refractivity contribution in [1.29, 1.82) is 0 Å². The summed E-state index contributed by atoms with van der Waals surface area (Å²) >= 11 is 0. The molecule has 1 amide bonds. The Labute approximate surface area is 175 Å². The molecule has 1 aliphatic carbocycles. The molecular weight excluding hydrogens is 386 g/mol. The van der Waals surface area contributed by atoms with Crippen LogP contribution in [0.15, 0.2) is 29.2 Å². The first-order valence-corrected chi connectivity index (χ1v) is 12.5. The van der Waals surface area contributed by atoms with Crippen molar-refractivity contribution in [1.82, 2.24) is 14.9 Å². The second-order valence-electron chi connectivity index (χ2n) is 8.80. The Hall–Kier alpha value is -1.44. The van der Waals surface area contributed by atoms with E-state index in [1.165, 1.54) is 37.7 Å². The maximum atomic E-state index is 12.8. The van der Waals surface area contributed by atoms with Crippen LogP contribution < -0.4 is 10.0 Å². The van der Waals surface area contributed by atoms with Crippen molar-refractivity contribution >= 4 is 15.9 Å². The van der Waals surface area contributed by atoms with Crippen LogP contribution in [0.3, 0.4) is 0 Å². The van der Waals surface area contributed by atoms with Gasteiger partial charge in [-0.1, -0.05) is 31.4 Å². The molecule has 0 bridgehead atoms. The number of carbonyl (C=O) groups excluding carboxylic acids is 1. The molecule has 0 radical (unpaired) electrons. The van der Waals surface area contributed by atoms with Crippen molar-refractivity contribution in [3.63, 3.8) is 0 Å².